The predicted octanol–water partition coefficient (Wildman–Crippen LogP) is 3.50. The lowest BCUT2D eigenvalue weighted by Gasteiger charge is -2.13. The molecule has 0 unspecified atom stereocenters. The molecule has 0 fully saturated rings. The Morgan fingerprint density at radius 1 is 1.00 bits per heavy atom. The fourth-order valence-corrected chi connectivity index (χ4v) is 2.26. The number of rotatable bonds is 5. The van der Waals surface area contributed by atoms with Gasteiger partial charge in [0.25, 0.3) is 0 Å². The Labute approximate surface area is 133 Å². The van der Waals surface area contributed by atoms with Crippen molar-refractivity contribution in [3.8, 4) is 0 Å². The number of nitrogens with zero attached hydrogens (tertiary/aromatic N) is 1. The van der Waals surface area contributed by atoms with Crippen LogP contribution in [0.1, 0.15) is 12.0 Å². The van der Waals surface area contributed by atoms with Crippen molar-refractivity contribution in [2.24, 2.45) is 4.99 Å². The summed E-state index contributed by atoms with van der Waals surface area (Å²) >= 11 is 0. The maximum absolute atomic E-state index is 12.1. The number of halogens is 3. The summed E-state index contributed by atoms with van der Waals surface area (Å²) in [7, 11) is 1.54. The Bertz CT molecular complexity index is 665. The van der Waals surface area contributed by atoms with E-state index < -0.39 is 12.6 Å². The molecule has 23 heavy (non-hydrogen) atoms. The second-order valence-electron chi connectivity index (χ2n) is 5.22. The summed E-state index contributed by atoms with van der Waals surface area (Å²) in [5.74, 6) is 0.384. The normalized spacial score (nSPS) is 12.4. The minimum atomic E-state index is -4.16. The molecule has 0 aliphatic carbocycles. The maximum atomic E-state index is 12.1. The van der Waals surface area contributed by atoms with Gasteiger partial charge in [-0.2, -0.15) is 13.2 Å². The fourth-order valence-electron chi connectivity index (χ4n) is 2.26. The van der Waals surface area contributed by atoms with E-state index in [-0.39, 0.29) is 6.54 Å². The molecule has 2 aromatic rings. The van der Waals surface area contributed by atoms with Crippen LogP contribution in [0.15, 0.2) is 47.5 Å². The molecule has 0 heterocycles. The third-order valence-corrected chi connectivity index (χ3v) is 3.44. The van der Waals surface area contributed by atoms with E-state index in [0.29, 0.717) is 12.5 Å². The van der Waals surface area contributed by atoms with Crippen molar-refractivity contribution in [2.75, 3.05) is 20.1 Å². The molecule has 0 saturated heterocycles. The number of guanidine groups is 1. The van der Waals surface area contributed by atoms with Crippen molar-refractivity contribution in [1.29, 1.82) is 0 Å². The van der Waals surface area contributed by atoms with E-state index in [1.54, 1.807) is 7.05 Å². The molecule has 0 aliphatic heterocycles. The van der Waals surface area contributed by atoms with Gasteiger partial charge < -0.3 is 10.6 Å². The highest BCUT2D eigenvalue weighted by atomic mass is 19.4. The molecule has 2 N–H and O–H groups in total. The molecule has 0 radical (unpaired) electrons. The van der Waals surface area contributed by atoms with Crippen LogP contribution in [0.5, 0.6) is 0 Å². The first-order valence-electron chi connectivity index (χ1n) is 7.47. The number of aliphatic imine (C=N–C) groups is 1. The number of nitrogens with one attached hydrogen (secondary N) is 2. The highest BCUT2D eigenvalue weighted by Gasteiger charge is 2.26. The Hall–Kier alpha value is -2.24. The Kier molecular flexibility index (Phi) is 5.84. The van der Waals surface area contributed by atoms with E-state index in [0.717, 1.165) is 6.42 Å². The molecule has 0 saturated carbocycles. The van der Waals surface area contributed by atoms with Gasteiger partial charge >= 0.3 is 6.18 Å². The maximum Gasteiger partial charge on any atom is 0.390 e. The molecule has 0 spiro atoms. The summed E-state index contributed by atoms with van der Waals surface area (Å²) in [5.41, 5.74) is 1.17. The molecule has 124 valence electrons. The Balaban J connectivity index is 1.80. The number of hydrogen-bond donors (Lipinski definition) is 2. The van der Waals surface area contributed by atoms with Gasteiger partial charge in [-0.25, -0.2) is 0 Å². The first-order valence-corrected chi connectivity index (χ1v) is 7.47. The van der Waals surface area contributed by atoms with Crippen molar-refractivity contribution >= 4 is 16.7 Å². The average Bonchev–Trinajstić information content (AvgIpc) is 2.52. The van der Waals surface area contributed by atoms with Crippen molar-refractivity contribution in [3.63, 3.8) is 0 Å². The highest BCUT2D eigenvalue weighted by Crippen LogP contribution is 2.18. The molecule has 2 aromatic carbocycles. The molecule has 0 amide bonds. The van der Waals surface area contributed by atoms with Gasteiger partial charge in [-0.05, 0) is 22.8 Å². The molecule has 0 atom stereocenters. The van der Waals surface area contributed by atoms with Crippen LogP contribution >= 0.6 is 0 Å². The van der Waals surface area contributed by atoms with E-state index in [2.05, 4.69) is 46.0 Å². The van der Waals surface area contributed by atoms with Gasteiger partial charge in [0.05, 0.1) is 6.42 Å². The summed E-state index contributed by atoms with van der Waals surface area (Å²) < 4.78 is 36.3. The molecule has 2 rings (SSSR count). The second-order valence-corrected chi connectivity index (χ2v) is 5.22. The van der Waals surface area contributed by atoms with Crippen molar-refractivity contribution in [2.45, 2.75) is 19.0 Å². The van der Waals surface area contributed by atoms with E-state index >= 15 is 0 Å². The summed E-state index contributed by atoms with van der Waals surface area (Å²) in [4.78, 5) is 3.92. The van der Waals surface area contributed by atoms with E-state index in [1.165, 1.54) is 16.3 Å². The van der Waals surface area contributed by atoms with Crippen LogP contribution < -0.4 is 10.6 Å². The number of alkyl halides is 3. The van der Waals surface area contributed by atoms with Crippen molar-refractivity contribution < 1.29 is 13.2 Å². The summed E-state index contributed by atoms with van der Waals surface area (Å²) in [6, 6.07) is 14.4. The number of hydrogen-bond acceptors (Lipinski definition) is 1. The summed E-state index contributed by atoms with van der Waals surface area (Å²) in [6.07, 6.45) is -4.26. The molecule has 3 nitrogen and oxygen atoms in total. The van der Waals surface area contributed by atoms with Gasteiger partial charge in [0.1, 0.15) is 0 Å². The molecule has 6 heteroatoms. The molecular formula is C17H20F3N3. The van der Waals surface area contributed by atoms with Gasteiger partial charge in [-0.3, -0.25) is 4.99 Å². The predicted molar refractivity (Wildman–Crippen MR) is 87.7 cm³/mol. The van der Waals surface area contributed by atoms with Gasteiger partial charge in [0.2, 0.25) is 0 Å². The molecular weight excluding hydrogens is 303 g/mol. The van der Waals surface area contributed by atoms with Crippen LogP contribution in [0.25, 0.3) is 10.8 Å². The average molecular weight is 323 g/mol. The standard InChI is InChI=1S/C17H20F3N3/c1-21-16(23-11-9-17(18,19)20)22-10-8-13-6-7-14-4-2-3-5-15(14)12-13/h2-7,12H,8-11H2,1H3,(H2,21,22,23). The van der Waals surface area contributed by atoms with Crippen molar-refractivity contribution in [1.82, 2.24) is 10.6 Å². The zero-order valence-electron chi connectivity index (χ0n) is 13.0. The Morgan fingerprint density at radius 2 is 1.70 bits per heavy atom. The minimum Gasteiger partial charge on any atom is -0.356 e. The molecule has 0 bridgehead atoms. The lowest BCUT2D eigenvalue weighted by Crippen LogP contribution is -2.39. The van der Waals surface area contributed by atoms with Crippen LogP contribution in [0.4, 0.5) is 13.2 Å². The van der Waals surface area contributed by atoms with Crippen LogP contribution in [-0.4, -0.2) is 32.3 Å². The third kappa shape index (κ3) is 5.81. The third-order valence-electron chi connectivity index (χ3n) is 3.44. The molecule has 0 aliphatic rings. The summed E-state index contributed by atoms with van der Waals surface area (Å²) in [5, 5.41) is 8.05. The van der Waals surface area contributed by atoms with Gasteiger partial charge in [-0.15, -0.1) is 0 Å². The smallest absolute Gasteiger partial charge is 0.356 e. The minimum absolute atomic E-state index is 0.181. The Morgan fingerprint density at radius 3 is 2.39 bits per heavy atom. The van der Waals surface area contributed by atoms with Crippen LogP contribution in [0.2, 0.25) is 0 Å². The quantitative estimate of drug-likeness (QED) is 0.653. The van der Waals surface area contributed by atoms with E-state index in [1.807, 2.05) is 12.1 Å². The number of benzene rings is 2. The van der Waals surface area contributed by atoms with E-state index in [9.17, 15) is 13.2 Å². The zero-order valence-corrected chi connectivity index (χ0v) is 13.0. The lowest BCUT2D eigenvalue weighted by molar-refractivity contribution is -0.132. The van der Waals surface area contributed by atoms with Gasteiger partial charge in [0.15, 0.2) is 5.96 Å². The molecule has 0 aromatic heterocycles. The lowest BCUT2D eigenvalue weighted by atomic mass is 10.1. The van der Waals surface area contributed by atoms with Crippen LogP contribution in [-0.2, 0) is 6.42 Å². The van der Waals surface area contributed by atoms with Crippen LogP contribution in [0, 0.1) is 0 Å². The summed E-state index contributed by atoms with van der Waals surface area (Å²) in [6.45, 7) is 0.420. The van der Waals surface area contributed by atoms with Gasteiger partial charge in [-0.1, -0.05) is 42.5 Å². The largest absolute Gasteiger partial charge is 0.390 e. The SMILES string of the molecule is CN=C(NCCc1ccc2ccccc2c1)NCCC(F)(F)F. The highest BCUT2D eigenvalue weighted by molar-refractivity contribution is 5.83. The topological polar surface area (TPSA) is 36.4 Å². The number of fused-ring (bicyclic) bond motifs is 1. The van der Waals surface area contributed by atoms with Crippen LogP contribution in [0.3, 0.4) is 0 Å². The van der Waals surface area contributed by atoms with E-state index in [4.69, 9.17) is 0 Å². The second kappa shape index (κ2) is 7.85. The first kappa shape index (κ1) is 17.1. The zero-order chi connectivity index (χ0) is 16.7. The van der Waals surface area contributed by atoms with Crippen molar-refractivity contribution in [3.05, 3.63) is 48.0 Å². The first-order chi connectivity index (χ1) is 11.0. The fraction of sp³-hybridized carbons (Fsp3) is 0.353. The van der Waals surface area contributed by atoms with Gasteiger partial charge in [0, 0.05) is 20.1 Å². The monoisotopic (exact) mass is 323 g/mol.